The summed E-state index contributed by atoms with van der Waals surface area (Å²) in [6.45, 7) is 4.48. The first-order chi connectivity index (χ1) is 10.5. The summed E-state index contributed by atoms with van der Waals surface area (Å²) in [5.74, 6) is 0.514. The van der Waals surface area contributed by atoms with Crippen molar-refractivity contribution in [2.24, 2.45) is 7.05 Å². The number of rotatable bonds is 6. The molecule has 1 N–H and O–H groups in total. The standard InChI is InChI=1S/C16H23N5O/c1-12-6-5-8-17-14(12)10-13(2)20(3)11-16(22)18-15-7-9-21(4)19-15/h5-9,13H,10-11H2,1-4H3,(H,18,19,22). The Labute approximate surface area is 131 Å². The van der Waals surface area contributed by atoms with Crippen LogP contribution in [0.4, 0.5) is 5.82 Å². The Bertz CT molecular complexity index is 637. The van der Waals surface area contributed by atoms with Crippen molar-refractivity contribution < 1.29 is 4.79 Å². The first kappa shape index (κ1) is 16.2. The largest absolute Gasteiger partial charge is 0.308 e. The molecule has 6 nitrogen and oxygen atoms in total. The smallest absolute Gasteiger partial charge is 0.239 e. The van der Waals surface area contributed by atoms with Gasteiger partial charge in [0.1, 0.15) is 0 Å². The van der Waals surface area contributed by atoms with Crippen molar-refractivity contribution in [2.45, 2.75) is 26.3 Å². The second kappa shape index (κ2) is 7.17. The van der Waals surface area contributed by atoms with Gasteiger partial charge >= 0.3 is 0 Å². The summed E-state index contributed by atoms with van der Waals surface area (Å²) in [5.41, 5.74) is 2.26. The second-order valence-electron chi connectivity index (χ2n) is 5.66. The lowest BCUT2D eigenvalue weighted by Crippen LogP contribution is -2.37. The normalized spacial score (nSPS) is 12.4. The predicted octanol–water partition coefficient (Wildman–Crippen LogP) is 1.63. The van der Waals surface area contributed by atoms with Crippen molar-refractivity contribution in [3.63, 3.8) is 0 Å². The van der Waals surface area contributed by atoms with Crippen LogP contribution in [0.25, 0.3) is 0 Å². The van der Waals surface area contributed by atoms with Gasteiger partial charge in [-0.15, -0.1) is 0 Å². The third-order valence-corrected chi connectivity index (χ3v) is 3.73. The molecule has 118 valence electrons. The van der Waals surface area contributed by atoms with E-state index >= 15 is 0 Å². The lowest BCUT2D eigenvalue weighted by Gasteiger charge is -2.24. The van der Waals surface area contributed by atoms with Crippen molar-refractivity contribution in [3.05, 3.63) is 41.9 Å². The van der Waals surface area contributed by atoms with Crippen LogP contribution < -0.4 is 5.32 Å². The fourth-order valence-electron chi connectivity index (χ4n) is 2.21. The highest BCUT2D eigenvalue weighted by Gasteiger charge is 2.15. The number of likely N-dealkylation sites (N-methyl/N-ethyl adjacent to an activating group) is 1. The minimum Gasteiger partial charge on any atom is -0.308 e. The van der Waals surface area contributed by atoms with Crippen molar-refractivity contribution >= 4 is 11.7 Å². The van der Waals surface area contributed by atoms with E-state index in [1.807, 2.05) is 31.3 Å². The Kier molecular flexibility index (Phi) is 5.27. The van der Waals surface area contributed by atoms with Gasteiger partial charge in [0.05, 0.1) is 6.54 Å². The number of hydrogen-bond acceptors (Lipinski definition) is 4. The number of nitrogens with zero attached hydrogens (tertiary/aromatic N) is 4. The molecule has 22 heavy (non-hydrogen) atoms. The summed E-state index contributed by atoms with van der Waals surface area (Å²) in [5, 5.41) is 6.93. The number of carbonyl (C=O) groups excluding carboxylic acids is 1. The average molecular weight is 301 g/mol. The van der Waals surface area contributed by atoms with E-state index in [0.717, 1.165) is 12.1 Å². The molecule has 0 bridgehead atoms. The highest BCUT2D eigenvalue weighted by atomic mass is 16.2. The zero-order valence-electron chi connectivity index (χ0n) is 13.6. The Morgan fingerprint density at radius 1 is 1.45 bits per heavy atom. The predicted molar refractivity (Wildman–Crippen MR) is 86.6 cm³/mol. The fraction of sp³-hybridized carbons (Fsp3) is 0.438. The molecule has 0 radical (unpaired) electrons. The van der Waals surface area contributed by atoms with Gasteiger partial charge in [-0.05, 0) is 32.5 Å². The van der Waals surface area contributed by atoms with E-state index in [1.165, 1.54) is 5.56 Å². The molecule has 1 amide bonds. The Morgan fingerprint density at radius 2 is 2.23 bits per heavy atom. The minimum atomic E-state index is -0.0641. The zero-order valence-corrected chi connectivity index (χ0v) is 13.6. The first-order valence-corrected chi connectivity index (χ1v) is 7.36. The molecule has 0 aliphatic carbocycles. The molecule has 0 spiro atoms. The SMILES string of the molecule is Cc1cccnc1CC(C)N(C)CC(=O)Nc1ccn(C)n1. The van der Waals surface area contributed by atoms with Crippen LogP contribution in [0.3, 0.4) is 0 Å². The number of carbonyl (C=O) groups is 1. The van der Waals surface area contributed by atoms with Crippen LogP contribution in [0.5, 0.6) is 0 Å². The number of aryl methyl sites for hydroxylation is 2. The maximum atomic E-state index is 12.0. The Balaban J connectivity index is 1.86. The van der Waals surface area contributed by atoms with Crippen LogP contribution in [-0.2, 0) is 18.3 Å². The maximum absolute atomic E-state index is 12.0. The molecule has 0 fully saturated rings. The molecule has 2 aromatic heterocycles. The molecule has 2 aromatic rings. The maximum Gasteiger partial charge on any atom is 0.239 e. The van der Waals surface area contributed by atoms with E-state index in [4.69, 9.17) is 0 Å². The van der Waals surface area contributed by atoms with E-state index in [0.29, 0.717) is 12.4 Å². The van der Waals surface area contributed by atoms with E-state index in [9.17, 15) is 4.79 Å². The lowest BCUT2D eigenvalue weighted by molar-refractivity contribution is -0.117. The fourth-order valence-corrected chi connectivity index (χ4v) is 2.21. The van der Waals surface area contributed by atoms with Gasteiger partial charge < -0.3 is 5.32 Å². The van der Waals surface area contributed by atoms with Crippen LogP contribution in [0.1, 0.15) is 18.2 Å². The molecule has 0 saturated heterocycles. The molecule has 0 saturated carbocycles. The summed E-state index contributed by atoms with van der Waals surface area (Å²) >= 11 is 0. The van der Waals surface area contributed by atoms with E-state index < -0.39 is 0 Å². The van der Waals surface area contributed by atoms with Crippen molar-refractivity contribution in [1.82, 2.24) is 19.7 Å². The van der Waals surface area contributed by atoms with Gasteiger partial charge in [-0.3, -0.25) is 19.4 Å². The summed E-state index contributed by atoms with van der Waals surface area (Å²) in [7, 11) is 3.76. The number of nitrogens with one attached hydrogen (secondary N) is 1. The molecule has 1 atom stereocenters. The number of pyridine rings is 1. The minimum absolute atomic E-state index is 0.0641. The third-order valence-electron chi connectivity index (χ3n) is 3.73. The van der Waals surface area contributed by atoms with Crippen molar-refractivity contribution in [3.8, 4) is 0 Å². The summed E-state index contributed by atoms with van der Waals surface area (Å²) in [6.07, 6.45) is 4.43. The molecular weight excluding hydrogens is 278 g/mol. The summed E-state index contributed by atoms with van der Waals surface area (Å²) in [6, 6.07) is 6.00. The van der Waals surface area contributed by atoms with Gasteiger partial charge in [0.15, 0.2) is 5.82 Å². The van der Waals surface area contributed by atoms with Crippen LogP contribution in [-0.4, -0.2) is 45.2 Å². The van der Waals surface area contributed by atoms with Crippen LogP contribution in [0, 0.1) is 6.92 Å². The second-order valence-corrected chi connectivity index (χ2v) is 5.66. The number of anilines is 1. The molecular formula is C16H23N5O. The van der Waals surface area contributed by atoms with Gasteiger partial charge in [-0.25, -0.2) is 0 Å². The van der Waals surface area contributed by atoms with Gasteiger partial charge in [-0.2, -0.15) is 5.10 Å². The topological polar surface area (TPSA) is 63.1 Å². The zero-order chi connectivity index (χ0) is 16.1. The van der Waals surface area contributed by atoms with E-state index in [-0.39, 0.29) is 11.9 Å². The Morgan fingerprint density at radius 3 is 2.86 bits per heavy atom. The van der Waals surface area contributed by atoms with Gasteiger partial charge in [0.2, 0.25) is 5.91 Å². The van der Waals surface area contributed by atoms with Crippen molar-refractivity contribution in [2.75, 3.05) is 18.9 Å². The molecule has 0 aromatic carbocycles. The first-order valence-electron chi connectivity index (χ1n) is 7.36. The van der Waals surface area contributed by atoms with E-state index in [1.54, 1.807) is 16.9 Å². The summed E-state index contributed by atoms with van der Waals surface area (Å²) in [4.78, 5) is 18.5. The molecule has 6 heteroatoms. The molecule has 1 unspecified atom stereocenters. The monoisotopic (exact) mass is 301 g/mol. The van der Waals surface area contributed by atoms with Crippen molar-refractivity contribution in [1.29, 1.82) is 0 Å². The third kappa shape index (κ3) is 4.39. The quantitative estimate of drug-likeness (QED) is 0.881. The highest BCUT2D eigenvalue weighted by molar-refractivity contribution is 5.91. The van der Waals surface area contributed by atoms with Gasteiger partial charge in [0, 0.05) is 43.7 Å². The number of amides is 1. The van der Waals surface area contributed by atoms with Gasteiger partial charge in [0.25, 0.3) is 0 Å². The average Bonchev–Trinajstić information content (AvgIpc) is 2.86. The molecule has 2 rings (SSSR count). The van der Waals surface area contributed by atoms with Crippen LogP contribution in [0.15, 0.2) is 30.6 Å². The van der Waals surface area contributed by atoms with E-state index in [2.05, 4.69) is 35.3 Å². The summed E-state index contributed by atoms with van der Waals surface area (Å²) < 4.78 is 1.66. The molecule has 0 aliphatic rings. The van der Waals surface area contributed by atoms with Crippen LogP contribution >= 0.6 is 0 Å². The molecule has 2 heterocycles. The highest BCUT2D eigenvalue weighted by Crippen LogP contribution is 2.10. The number of hydrogen-bond donors (Lipinski definition) is 1. The lowest BCUT2D eigenvalue weighted by atomic mass is 10.1. The van der Waals surface area contributed by atoms with Crippen LogP contribution in [0.2, 0.25) is 0 Å². The number of aromatic nitrogens is 3. The molecule has 0 aliphatic heterocycles. The Hall–Kier alpha value is -2.21. The van der Waals surface area contributed by atoms with Gasteiger partial charge in [-0.1, -0.05) is 6.07 Å².